The minimum absolute atomic E-state index is 0.186. The van der Waals surface area contributed by atoms with E-state index < -0.39 is 0 Å². The maximum atomic E-state index is 13.0. The summed E-state index contributed by atoms with van der Waals surface area (Å²) >= 11 is 0. The van der Waals surface area contributed by atoms with E-state index in [0.29, 0.717) is 18.0 Å². The Hall–Kier alpha value is -2.73. The van der Waals surface area contributed by atoms with E-state index in [4.69, 9.17) is 9.97 Å². The molecule has 1 aliphatic rings. The molecule has 0 atom stereocenters. The van der Waals surface area contributed by atoms with Crippen LogP contribution in [0.2, 0.25) is 0 Å². The van der Waals surface area contributed by atoms with E-state index >= 15 is 0 Å². The fourth-order valence-electron chi connectivity index (χ4n) is 3.95. The number of nitrogens with one attached hydrogen (secondary N) is 2. The lowest BCUT2D eigenvalue weighted by Crippen LogP contribution is -2.37. The molecule has 3 aromatic rings. The lowest BCUT2D eigenvalue weighted by atomic mass is 9.91. The van der Waals surface area contributed by atoms with Crippen molar-refractivity contribution in [3.63, 3.8) is 0 Å². The summed E-state index contributed by atoms with van der Waals surface area (Å²) in [7, 11) is 4.02. The van der Waals surface area contributed by atoms with Crippen LogP contribution < -0.4 is 15.5 Å². The summed E-state index contributed by atoms with van der Waals surface area (Å²) in [5.74, 6) is 1.46. The number of para-hydroxylation sites is 1. The smallest absolute Gasteiger partial charge is 0.225 e. The number of rotatable bonds is 6. The number of nitrogens with zero attached hydrogens (tertiary/aromatic N) is 3. The molecule has 4 rings (SSSR count). The van der Waals surface area contributed by atoms with E-state index in [1.165, 1.54) is 12.1 Å². The molecule has 0 radical (unpaired) electrons. The van der Waals surface area contributed by atoms with Crippen molar-refractivity contribution in [3.05, 3.63) is 59.9 Å². The largest absolute Gasteiger partial charge is 0.362 e. The van der Waals surface area contributed by atoms with Gasteiger partial charge in [-0.3, -0.25) is 0 Å². The molecule has 0 spiro atoms. The normalized spacial score (nSPS) is 19.3. The van der Waals surface area contributed by atoms with Gasteiger partial charge in [0.1, 0.15) is 11.6 Å². The van der Waals surface area contributed by atoms with E-state index in [-0.39, 0.29) is 5.82 Å². The van der Waals surface area contributed by atoms with Crippen LogP contribution in [0, 0.1) is 5.82 Å². The van der Waals surface area contributed by atoms with Gasteiger partial charge in [0, 0.05) is 38.1 Å². The van der Waals surface area contributed by atoms with Gasteiger partial charge in [0.15, 0.2) is 0 Å². The van der Waals surface area contributed by atoms with Gasteiger partial charge in [0.05, 0.1) is 5.52 Å². The molecule has 1 fully saturated rings. The average molecular weight is 394 g/mol. The van der Waals surface area contributed by atoms with E-state index in [0.717, 1.165) is 54.5 Å². The van der Waals surface area contributed by atoms with Crippen LogP contribution in [0.15, 0.2) is 48.5 Å². The third-order valence-corrected chi connectivity index (χ3v) is 5.58. The number of anilines is 2. The minimum Gasteiger partial charge on any atom is -0.362 e. The minimum atomic E-state index is -0.186. The van der Waals surface area contributed by atoms with E-state index in [9.17, 15) is 4.39 Å². The highest BCUT2D eigenvalue weighted by molar-refractivity contribution is 5.90. The summed E-state index contributed by atoms with van der Waals surface area (Å²) in [6.07, 6.45) is 4.36. The van der Waals surface area contributed by atoms with Crippen molar-refractivity contribution in [1.29, 1.82) is 0 Å². The predicted octanol–water partition coefficient (Wildman–Crippen LogP) is 4.35. The molecule has 1 aliphatic carbocycles. The molecule has 1 heterocycles. The van der Waals surface area contributed by atoms with Crippen molar-refractivity contribution in [1.82, 2.24) is 15.3 Å². The van der Waals surface area contributed by atoms with Crippen molar-refractivity contribution < 1.29 is 4.39 Å². The zero-order valence-electron chi connectivity index (χ0n) is 17.0. The molecule has 2 aromatic carbocycles. The molecule has 0 bridgehead atoms. The molecule has 0 unspecified atom stereocenters. The van der Waals surface area contributed by atoms with E-state index in [1.54, 1.807) is 0 Å². The van der Waals surface area contributed by atoms with Crippen molar-refractivity contribution in [2.45, 2.75) is 44.3 Å². The first-order valence-electron chi connectivity index (χ1n) is 10.3. The highest BCUT2D eigenvalue weighted by atomic mass is 19.1. The Morgan fingerprint density at radius 1 is 0.931 bits per heavy atom. The molecule has 1 saturated carbocycles. The van der Waals surface area contributed by atoms with Crippen LogP contribution in [-0.2, 0) is 6.54 Å². The Morgan fingerprint density at radius 3 is 2.34 bits per heavy atom. The molecule has 5 nitrogen and oxygen atoms in total. The summed E-state index contributed by atoms with van der Waals surface area (Å²) in [5.41, 5.74) is 2.08. The van der Waals surface area contributed by atoms with Crippen LogP contribution in [-0.4, -0.2) is 36.1 Å². The third kappa shape index (κ3) is 4.82. The monoisotopic (exact) mass is 393 g/mol. The quantitative estimate of drug-likeness (QED) is 0.652. The van der Waals surface area contributed by atoms with Gasteiger partial charge in [0.2, 0.25) is 5.95 Å². The van der Waals surface area contributed by atoms with Crippen LogP contribution in [0.3, 0.4) is 0 Å². The molecule has 6 heteroatoms. The number of fused-ring (bicyclic) bond motifs is 1. The molecule has 152 valence electrons. The molecule has 1 aromatic heterocycles. The fraction of sp³-hybridized carbons (Fsp3) is 0.391. The van der Waals surface area contributed by atoms with Crippen molar-refractivity contribution in [3.8, 4) is 0 Å². The summed E-state index contributed by atoms with van der Waals surface area (Å²) in [4.78, 5) is 11.5. The Balaban J connectivity index is 1.34. The van der Waals surface area contributed by atoms with Crippen LogP contribution in [0.1, 0.15) is 31.2 Å². The maximum Gasteiger partial charge on any atom is 0.225 e. The van der Waals surface area contributed by atoms with Gasteiger partial charge < -0.3 is 15.5 Å². The first kappa shape index (κ1) is 19.6. The van der Waals surface area contributed by atoms with Crippen LogP contribution >= 0.6 is 0 Å². The second-order valence-electron chi connectivity index (χ2n) is 7.98. The van der Waals surface area contributed by atoms with Gasteiger partial charge in [0.25, 0.3) is 0 Å². The lowest BCUT2D eigenvalue weighted by molar-refractivity contribution is 0.352. The van der Waals surface area contributed by atoms with Crippen LogP contribution in [0.25, 0.3) is 10.9 Å². The molecule has 2 N–H and O–H groups in total. The standard InChI is InChI=1S/C23H28FN5/c1-29(2)22-20-5-3-4-6-21(20)27-23(28-22)26-19-13-11-18(12-14-19)25-15-16-7-9-17(24)10-8-16/h3-10,18-19,25H,11-15H2,1-2H3,(H,26,27,28). The van der Waals surface area contributed by atoms with Crippen LogP contribution in [0.4, 0.5) is 16.2 Å². The first-order valence-corrected chi connectivity index (χ1v) is 10.3. The number of hydrogen-bond acceptors (Lipinski definition) is 5. The highest BCUT2D eigenvalue weighted by Gasteiger charge is 2.22. The average Bonchev–Trinajstić information content (AvgIpc) is 2.74. The van der Waals surface area contributed by atoms with Crippen molar-refractivity contribution in [2.24, 2.45) is 0 Å². The Labute approximate surface area is 171 Å². The third-order valence-electron chi connectivity index (χ3n) is 5.58. The van der Waals surface area contributed by atoms with Gasteiger partial charge >= 0.3 is 0 Å². The number of hydrogen-bond donors (Lipinski definition) is 2. The van der Waals surface area contributed by atoms with Crippen molar-refractivity contribution >= 4 is 22.7 Å². The van der Waals surface area contributed by atoms with Gasteiger partial charge in [-0.1, -0.05) is 24.3 Å². The zero-order chi connectivity index (χ0) is 20.2. The molecular weight excluding hydrogens is 365 g/mol. The maximum absolute atomic E-state index is 13.0. The summed E-state index contributed by atoms with van der Waals surface area (Å²) in [6, 6.07) is 15.7. The second-order valence-corrected chi connectivity index (χ2v) is 7.98. The van der Waals surface area contributed by atoms with Gasteiger partial charge in [-0.05, 0) is 55.5 Å². The zero-order valence-corrected chi connectivity index (χ0v) is 17.0. The van der Waals surface area contributed by atoms with Gasteiger partial charge in [-0.15, -0.1) is 0 Å². The lowest BCUT2D eigenvalue weighted by Gasteiger charge is -2.30. The molecule has 0 saturated heterocycles. The summed E-state index contributed by atoms with van der Waals surface area (Å²) < 4.78 is 13.0. The van der Waals surface area contributed by atoms with Crippen LogP contribution in [0.5, 0.6) is 0 Å². The Morgan fingerprint density at radius 2 is 1.62 bits per heavy atom. The number of benzene rings is 2. The predicted molar refractivity (Wildman–Crippen MR) is 117 cm³/mol. The highest BCUT2D eigenvalue weighted by Crippen LogP contribution is 2.26. The summed E-state index contributed by atoms with van der Waals surface area (Å²) in [6.45, 7) is 0.781. The molecule has 0 amide bonds. The molecule has 29 heavy (non-hydrogen) atoms. The van der Waals surface area contributed by atoms with E-state index in [1.807, 2.05) is 49.3 Å². The van der Waals surface area contributed by atoms with Gasteiger partial charge in [-0.2, -0.15) is 4.98 Å². The SMILES string of the molecule is CN(C)c1nc(NC2CCC(NCc3ccc(F)cc3)CC2)nc2ccccc12. The molecular formula is C23H28FN5. The Bertz CT molecular complexity index is 949. The number of halogens is 1. The Kier molecular flexibility index (Phi) is 5.90. The van der Waals surface area contributed by atoms with E-state index in [2.05, 4.69) is 16.7 Å². The fourth-order valence-corrected chi connectivity index (χ4v) is 3.95. The van der Waals surface area contributed by atoms with Crippen molar-refractivity contribution in [2.75, 3.05) is 24.3 Å². The second kappa shape index (κ2) is 8.74. The number of aromatic nitrogens is 2. The van der Waals surface area contributed by atoms with Gasteiger partial charge in [-0.25, -0.2) is 9.37 Å². The first-order chi connectivity index (χ1) is 14.1. The molecule has 0 aliphatic heterocycles. The summed E-state index contributed by atoms with van der Waals surface area (Å²) in [5, 5.41) is 8.22. The topological polar surface area (TPSA) is 53.1 Å².